The Bertz CT molecular complexity index is 526. The highest BCUT2D eigenvalue weighted by Gasteiger charge is 2.28. The Balaban J connectivity index is 2.82. The number of amides is 2. The third kappa shape index (κ3) is 4.12. The van der Waals surface area contributed by atoms with E-state index in [0.29, 0.717) is 15.8 Å². The number of halogens is 1. The first-order valence-corrected chi connectivity index (χ1v) is 6.76. The summed E-state index contributed by atoms with van der Waals surface area (Å²) in [6, 6.07) is 5.14. The predicted octanol–water partition coefficient (Wildman–Crippen LogP) is 2.75. The van der Waals surface area contributed by atoms with E-state index in [2.05, 4.69) is 21.2 Å². The van der Waals surface area contributed by atoms with Crippen LogP contribution in [-0.2, 0) is 4.79 Å². The van der Waals surface area contributed by atoms with Crippen molar-refractivity contribution in [2.45, 2.75) is 26.3 Å². The van der Waals surface area contributed by atoms with Crippen LogP contribution in [0.5, 0.6) is 0 Å². The average molecular weight is 344 g/mol. The summed E-state index contributed by atoms with van der Waals surface area (Å²) in [7, 11) is 0. The first-order valence-electron chi connectivity index (χ1n) is 5.97. The maximum absolute atomic E-state index is 12.0. The first kappa shape index (κ1) is 16.3. The van der Waals surface area contributed by atoms with Gasteiger partial charge in [-0.25, -0.2) is 4.79 Å². The van der Waals surface area contributed by atoms with Gasteiger partial charge >= 0.3 is 6.09 Å². The van der Waals surface area contributed by atoms with E-state index in [1.54, 1.807) is 39.0 Å². The average Bonchev–Trinajstić information content (AvgIpc) is 2.30. The summed E-state index contributed by atoms with van der Waals surface area (Å²) >= 11 is 3.26. The van der Waals surface area contributed by atoms with Crippen molar-refractivity contribution in [2.24, 2.45) is 0 Å². The number of carboxylic acid groups (broad SMARTS) is 1. The highest BCUT2D eigenvalue weighted by Crippen LogP contribution is 2.27. The maximum Gasteiger partial charge on any atom is 0.408 e. The molecule has 110 valence electrons. The molecular formula is C13H18BrN3O3. The van der Waals surface area contributed by atoms with Crippen LogP contribution >= 0.6 is 15.9 Å². The fraction of sp³-hybridized carbons (Fsp3) is 0.385. The van der Waals surface area contributed by atoms with Crippen LogP contribution < -0.4 is 11.1 Å². The third-order valence-corrected chi connectivity index (χ3v) is 3.36. The number of nitrogens with one attached hydrogen (secondary N) is 1. The summed E-state index contributed by atoms with van der Waals surface area (Å²) < 4.78 is 0.668. The lowest BCUT2D eigenvalue weighted by Crippen LogP contribution is -2.48. The minimum Gasteiger partial charge on any atom is -0.465 e. The van der Waals surface area contributed by atoms with Gasteiger partial charge in [0, 0.05) is 10.0 Å². The van der Waals surface area contributed by atoms with E-state index in [1.165, 1.54) is 0 Å². The summed E-state index contributed by atoms with van der Waals surface area (Å²) in [5.74, 6) is -0.438. The summed E-state index contributed by atoms with van der Waals surface area (Å²) in [6.45, 7) is 4.91. The number of nitrogens with zero attached hydrogens (tertiary/aromatic N) is 1. The van der Waals surface area contributed by atoms with Gasteiger partial charge in [0.1, 0.15) is 6.54 Å². The number of carbonyl (C=O) groups is 2. The number of carbonyl (C=O) groups excluding carboxylic acids is 1. The highest BCUT2D eigenvalue weighted by molar-refractivity contribution is 9.10. The molecule has 7 heteroatoms. The molecule has 0 spiro atoms. The third-order valence-electron chi connectivity index (χ3n) is 2.67. The zero-order chi connectivity index (χ0) is 15.5. The van der Waals surface area contributed by atoms with Crippen LogP contribution in [0.1, 0.15) is 20.8 Å². The molecule has 0 aliphatic heterocycles. The van der Waals surface area contributed by atoms with E-state index in [4.69, 9.17) is 10.8 Å². The molecule has 0 aromatic heterocycles. The van der Waals surface area contributed by atoms with Gasteiger partial charge in [-0.05, 0) is 48.8 Å². The Morgan fingerprint density at radius 3 is 2.50 bits per heavy atom. The number of benzene rings is 1. The van der Waals surface area contributed by atoms with E-state index in [-0.39, 0.29) is 6.54 Å². The second-order valence-electron chi connectivity index (χ2n) is 5.29. The van der Waals surface area contributed by atoms with Crippen molar-refractivity contribution in [3.05, 3.63) is 22.7 Å². The van der Waals surface area contributed by atoms with Gasteiger partial charge in [0.2, 0.25) is 5.91 Å². The van der Waals surface area contributed by atoms with E-state index in [9.17, 15) is 9.59 Å². The molecule has 0 saturated heterocycles. The van der Waals surface area contributed by atoms with Crippen molar-refractivity contribution in [3.63, 3.8) is 0 Å². The second-order valence-corrected chi connectivity index (χ2v) is 6.14. The molecule has 1 aromatic rings. The molecule has 0 radical (unpaired) electrons. The van der Waals surface area contributed by atoms with Crippen LogP contribution in [0.25, 0.3) is 0 Å². The number of rotatable bonds is 3. The van der Waals surface area contributed by atoms with Crippen molar-refractivity contribution < 1.29 is 14.7 Å². The number of para-hydroxylation sites is 1. The zero-order valence-corrected chi connectivity index (χ0v) is 13.2. The smallest absolute Gasteiger partial charge is 0.408 e. The topological polar surface area (TPSA) is 95.7 Å². The van der Waals surface area contributed by atoms with Crippen LogP contribution in [0.2, 0.25) is 0 Å². The van der Waals surface area contributed by atoms with Gasteiger partial charge in [0.15, 0.2) is 0 Å². The highest BCUT2D eigenvalue weighted by atomic mass is 79.9. The van der Waals surface area contributed by atoms with Crippen LogP contribution in [-0.4, -0.2) is 34.1 Å². The molecule has 4 N–H and O–H groups in total. The minimum absolute atomic E-state index is 0.259. The van der Waals surface area contributed by atoms with Gasteiger partial charge < -0.3 is 16.2 Å². The van der Waals surface area contributed by atoms with Crippen LogP contribution in [0.3, 0.4) is 0 Å². The van der Waals surface area contributed by atoms with Crippen LogP contribution in [0.15, 0.2) is 22.7 Å². The van der Waals surface area contributed by atoms with Gasteiger partial charge in [-0.15, -0.1) is 0 Å². The number of hydrogen-bond donors (Lipinski definition) is 3. The fourth-order valence-corrected chi connectivity index (χ4v) is 1.94. The van der Waals surface area contributed by atoms with Crippen molar-refractivity contribution in [3.8, 4) is 0 Å². The van der Waals surface area contributed by atoms with E-state index in [0.717, 1.165) is 4.90 Å². The minimum atomic E-state index is -1.14. The predicted molar refractivity (Wildman–Crippen MR) is 81.7 cm³/mol. The standard InChI is InChI=1S/C13H18BrN3O3/c1-13(2,3)17(12(19)20)7-10(18)16-9-6-4-5-8(14)11(9)15/h4-6H,7,15H2,1-3H3,(H,16,18)(H,19,20). The largest absolute Gasteiger partial charge is 0.465 e. The lowest BCUT2D eigenvalue weighted by atomic mass is 10.1. The lowest BCUT2D eigenvalue weighted by molar-refractivity contribution is -0.118. The van der Waals surface area contributed by atoms with Crippen LogP contribution in [0.4, 0.5) is 16.2 Å². The summed E-state index contributed by atoms with van der Waals surface area (Å²) in [5.41, 5.74) is 6.00. The van der Waals surface area contributed by atoms with Gasteiger partial charge in [0.05, 0.1) is 11.4 Å². The summed E-state index contributed by atoms with van der Waals surface area (Å²) in [6.07, 6.45) is -1.14. The number of nitrogens with two attached hydrogens (primary N) is 1. The van der Waals surface area contributed by atoms with Crippen molar-refractivity contribution in [2.75, 3.05) is 17.6 Å². The normalized spacial score (nSPS) is 11.0. The molecule has 0 fully saturated rings. The molecule has 0 bridgehead atoms. The summed E-state index contributed by atoms with van der Waals surface area (Å²) in [5, 5.41) is 11.7. The van der Waals surface area contributed by atoms with E-state index in [1.807, 2.05) is 0 Å². The molecular weight excluding hydrogens is 326 g/mol. The Labute approximate surface area is 126 Å². The van der Waals surface area contributed by atoms with E-state index >= 15 is 0 Å². The van der Waals surface area contributed by atoms with Crippen molar-refractivity contribution >= 4 is 39.3 Å². The maximum atomic E-state index is 12.0. The number of anilines is 2. The van der Waals surface area contributed by atoms with Gasteiger partial charge in [0.25, 0.3) is 0 Å². The Morgan fingerprint density at radius 1 is 1.40 bits per heavy atom. The monoisotopic (exact) mass is 343 g/mol. The molecule has 1 rings (SSSR count). The first-order chi connectivity index (χ1) is 9.12. The molecule has 6 nitrogen and oxygen atoms in total. The molecule has 0 saturated carbocycles. The molecule has 20 heavy (non-hydrogen) atoms. The molecule has 0 aliphatic rings. The molecule has 0 unspecified atom stereocenters. The Morgan fingerprint density at radius 2 is 2.00 bits per heavy atom. The number of nitrogen functional groups attached to an aromatic ring is 1. The van der Waals surface area contributed by atoms with E-state index < -0.39 is 17.5 Å². The molecule has 0 atom stereocenters. The zero-order valence-electron chi connectivity index (χ0n) is 11.6. The summed E-state index contributed by atoms with van der Waals surface area (Å²) in [4.78, 5) is 24.2. The molecule has 2 amide bonds. The van der Waals surface area contributed by atoms with Crippen molar-refractivity contribution in [1.82, 2.24) is 4.90 Å². The second kappa shape index (κ2) is 6.13. The quantitative estimate of drug-likeness (QED) is 0.735. The number of hydrogen-bond acceptors (Lipinski definition) is 3. The van der Waals surface area contributed by atoms with Gasteiger partial charge in [-0.3, -0.25) is 9.69 Å². The Kier molecular flexibility index (Phi) is 4.99. The SMILES string of the molecule is CC(C)(C)N(CC(=O)Nc1cccc(Br)c1N)C(=O)O. The lowest BCUT2D eigenvalue weighted by Gasteiger charge is -2.32. The molecule has 1 aromatic carbocycles. The van der Waals surface area contributed by atoms with Gasteiger partial charge in [-0.1, -0.05) is 6.07 Å². The molecule has 0 heterocycles. The molecule has 0 aliphatic carbocycles. The van der Waals surface area contributed by atoms with Gasteiger partial charge in [-0.2, -0.15) is 0 Å². The fourth-order valence-electron chi connectivity index (χ4n) is 1.57. The van der Waals surface area contributed by atoms with Crippen molar-refractivity contribution in [1.29, 1.82) is 0 Å². The Hall–Kier alpha value is -1.76. The van der Waals surface area contributed by atoms with Crippen LogP contribution in [0, 0.1) is 0 Å².